The van der Waals surface area contributed by atoms with Gasteiger partial charge in [-0.25, -0.2) is 0 Å². The van der Waals surface area contributed by atoms with Gasteiger partial charge in [0.25, 0.3) is 0 Å². The molecule has 82 heavy (non-hydrogen) atoms. The molecular weight excluding hydrogens is 1010 g/mol. The fourth-order valence-electron chi connectivity index (χ4n) is 10.1. The van der Waals surface area contributed by atoms with E-state index in [0.29, 0.717) is 19.3 Å². The number of hydrogen-bond donors (Lipinski definition) is 0. The lowest BCUT2D eigenvalue weighted by Gasteiger charge is -2.18. The second-order valence-electron chi connectivity index (χ2n) is 23.4. The molecule has 0 aromatic rings. The van der Waals surface area contributed by atoms with E-state index >= 15 is 0 Å². The largest absolute Gasteiger partial charge is 0.462 e. The normalized spacial score (nSPS) is 12.7. The molecule has 472 valence electrons. The Morgan fingerprint density at radius 1 is 0.256 bits per heavy atom. The van der Waals surface area contributed by atoms with E-state index in [-0.39, 0.29) is 31.1 Å². The van der Waals surface area contributed by atoms with Gasteiger partial charge in [-0.3, -0.25) is 14.4 Å². The van der Waals surface area contributed by atoms with Crippen LogP contribution in [0.3, 0.4) is 0 Å². The zero-order valence-electron chi connectivity index (χ0n) is 54.2. The molecule has 0 aliphatic carbocycles. The smallest absolute Gasteiger partial charge is 0.306 e. The molecule has 0 aliphatic rings. The fourth-order valence-corrected chi connectivity index (χ4v) is 10.1. The Balaban J connectivity index is 4.32. The van der Waals surface area contributed by atoms with E-state index < -0.39 is 6.10 Å². The van der Waals surface area contributed by atoms with Crippen molar-refractivity contribution in [3.05, 3.63) is 97.2 Å². The van der Waals surface area contributed by atoms with E-state index in [9.17, 15) is 14.4 Å². The van der Waals surface area contributed by atoms with Crippen LogP contribution in [0.1, 0.15) is 348 Å². The maximum atomic E-state index is 13.0. The van der Waals surface area contributed by atoms with E-state index in [1.54, 1.807) is 0 Å². The van der Waals surface area contributed by atoms with Crippen molar-refractivity contribution < 1.29 is 28.6 Å². The molecule has 0 saturated carbocycles. The highest BCUT2D eigenvalue weighted by atomic mass is 16.6. The van der Waals surface area contributed by atoms with Crippen LogP contribution in [0.25, 0.3) is 0 Å². The lowest BCUT2D eigenvalue weighted by molar-refractivity contribution is -0.167. The van der Waals surface area contributed by atoms with Crippen LogP contribution >= 0.6 is 0 Å². The summed E-state index contributed by atoms with van der Waals surface area (Å²) >= 11 is 0. The van der Waals surface area contributed by atoms with Gasteiger partial charge < -0.3 is 14.2 Å². The van der Waals surface area contributed by atoms with Crippen LogP contribution < -0.4 is 0 Å². The van der Waals surface area contributed by atoms with Crippen molar-refractivity contribution in [1.82, 2.24) is 0 Å². The van der Waals surface area contributed by atoms with Gasteiger partial charge >= 0.3 is 17.9 Å². The van der Waals surface area contributed by atoms with Gasteiger partial charge in [0, 0.05) is 19.3 Å². The summed E-state index contributed by atoms with van der Waals surface area (Å²) in [5.74, 6) is -0.898. The van der Waals surface area contributed by atoms with Gasteiger partial charge in [0.05, 0.1) is 0 Å². The zero-order chi connectivity index (χ0) is 59.2. The first-order chi connectivity index (χ1) is 40.5. The van der Waals surface area contributed by atoms with Crippen LogP contribution in [0.2, 0.25) is 0 Å². The summed E-state index contributed by atoms with van der Waals surface area (Å²) < 4.78 is 17.0. The molecule has 0 spiro atoms. The highest BCUT2D eigenvalue weighted by Crippen LogP contribution is 2.18. The average Bonchev–Trinajstić information content (AvgIpc) is 3.47. The molecule has 1 unspecified atom stereocenters. The highest BCUT2D eigenvalue weighted by Gasteiger charge is 2.19. The van der Waals surface area contributed by atoms with Crippen molar-refractivity contribution in [1.29, 1.82) is 0 Å². The van der Waals surface area contributed by atoms with Gasteiger partial charge in [-0.1, -0.05) is 330 Å². The van der Waals surface area contributed by atoms with Crippen molar-refractivity contribution in [2.24, 2.45) is 0 Å². The first-order valence-electron chi connectivity index (χ1n) is 35.2. The standard InChI is InChI=1S/C76H132O6/c1-4-7-10-13-16-19-22-25-28-30-32-34-36-37-38-40-41-43-45-48-51-54-57-60-63-66-69-75(78)81-72-73(71-80-74(77)68-65-62-59-56-53-50-47-27-24-21-18-15-12-9-6-3)82-76(79)70-67-64-61-58-55-52-49-46-44-42-39-35-33-31-29-26-23-20-17-14-11-8-5-2/h8-9,11-12,17-18,20-21,26-27,29,33,35,42,44,47,73H,4-7,10,13-16,19,22-25,28,30-32,34,36-41,43,45-46,48-72H2,1-3H3/b11-8-,12-9-,20-17-,21-18-,29-26-,35-33-,44-42-,47-27-. The quantitative estimate of drug-likeness (QED) is 0.0261. The first kappa shape index (κ1) is 78.3. The summed E-state index contributed by atoms with van der Waals surface area (Å²) in [7, 11) is 0. The van der Waals surface area contributed by atoms with Gasteiger partial charge in [0.1, 0.15) is 13.2 Å². The Bertz CT molecular complexity index is 1590. The summed E-state index contributed by atoms with van der Waals surface area (Å²) in [5.41, 5.74) is 0. The number of hydrogen-bond acceptors (Lipinski definition) is 6. The van der Waals surface area contributed by atoms with E-state index in [1.165, 1.54) is 173 Å². The van der Waals surface area contributed by atoms with Crippen molar-refractivity contribution in [3.63, 3.8) is 0 Å². The summed E-state index contributed by atoms with van der Waals surface area (Å²) in [5, 5.41) is 0. The Kier molecular flexibility index (Phi) is 66.7. The Labute approximate surface area is 508 Å². The number of allylic oxidation sites excluding steroid dienone is 16. The number of esters is 3. The van der Waals surface area contributed by atoms with Gasteiger partial charge in [-0.05, 0) is 96.3 Å². The molecule has 0 aromatic carbocycles. The van der Waals surface area contributed by atoms with Crippen LogP contribution in [-0.2, 0) is 28.6 Å². The molecule has 0 fully saturated rings. The van der Waals surface area contributed by atoms with E-state index in [0.717, 1.165) is 135 Å². The SMILES string of the molecule is CC/C=C\C/C=C\C/C=C\C/C=C\C/C=C\CCCCCCCCCC(=O)OC(COC(=O)CCCCCCC/C=C\C/C=C\C/C=C\CC)COC(=O)CCCCCCCCCCCCCCCCCCCCCCCCCCCC. The number of rotatable bonds is 64. The highest BCUT2D eigenvalue weighted by molar-refractivity contribution is 5.71. The number of carbonyl (C=O) groups is 3. The van der Waals surface area contributed by atoms with Gasteiger partial charge in [-0.2, -0.15) is 0 Å². The van der Waals surface area contributed by atoms with Crippen LogP contribution in [0.4, 0.5) is 0 Å². The second kappa shape index (κ2) is 69.8. The molecule has 0 rings (SSSR count). The predicted octanol–water partition coefficient (Wildman–Crippen LogP) is 24.4. The minimum atomic E-state index is -0.793. The molecule has 0 bridgehead atoms. The van der Waals surface area contributed by atoms with E-state index in [2.05, 4.69) is 118 Å². The molecule has 0 heterocycles. The molecule has 1 atom stereocenters. The average molecular weight is 1140 g/mol. The van der Waals surface area contributed by atoms with Crippen molar-refractivity contribution in [2.45, 2.75) is 354 Å². The lowest BCUT2D eigenvalue weighted by atomic mass is 10.0. The molecule has 6 heteroatoms. The van der Waals surface area contributed by atoms with Gasteiger partial charge in [0.15, 0.2) is 6.10 Å². The molecule has 0 amide bonds. The van der Waals surface area contributed by atoms with Crippen molar-refractivity contribution >= 4 is 17.9 Å². The van der Waals surface area contributed by atoms with Crippen LogP contribution in [0.15, 0.2) is 97.2 Å². The first-order valence-corrected chi connectivity index (χ1v) is 35.2. The molecule has 0 aromatic heterocycles. The maximum absolute atomic E-state index is 13.0. The Morgan fingerprint density at radius 3 is 0.744 bits per heavy atom. The predicted molar refractivity (Wildman–Crippen MR) is 357 cm³/mol. The van der Waals surface area contributed by atoms with Crippen molar-refractivity contribution in [3.8, 4) is 0 Å². The Hall–Kier alpha value is -3.67. The zero-order valence-corrected chi connectivity index (χ0v) is 54.2. The summed E-state index contributed by atoms with van der Waals surface area (Å²) in [6.07, 6.45) is 94.4. The molecule has 0 saturated heterocycles. The topological polar surface area (TPSA) is 78.9 Å². The fraction of sp³-hybridized carbons (Fsp3) is 0.750. The van der Waals surface area contributed by atoms with Crippen LogP contribution in [0, 0.1) is 0 Å². The van der Waals surface area contributed by atoms with Crippen LogP contribution in [-0.4, -0.2) is 37.2 Å². The van der Waals surface area contributed by atoms with Crippen LogP contribution in [0.5, 0.6) is 0 Å². The molecule has 0 radical (unpaired) electrons. The number of carbonyl (C=O) groups excluding carboxylic acids is 3. The summed E-state index contributed by atoms with van der Waals surface area (Å²) in [6, 6.07) is 0. The molecule has 6 nitrogen and oxygen atoms in total. The third-order valence-corrected chi connectivity index (χ3v) is 15.3. The third kappa shape index (κ3) is 67.1. The number of ether oxygens (including phenoxy) is 3. The second-order valence-corrected chi connectivity index (χ2v) is 23.4. The molecule has 0 N–H and O–H groups in total. The van der Waals surface area contributed by atoms with E-state index in [4.69, 9.17) is 14.2 Å². The number of unbranched alkanes of at least 4 members (excludes halogenated alkanes) is 37. The molecule has 0 aliphatic heterocycles. The third-order valence-electron chi connectivity index (χ3n) is 15.3. The maximum Gasteiger partial charge on any atom is 0.306 e. The van der Waals surface area contributed by atoms with Crippen molar-refractivity contribution in [2.75, 3.05) is 13.2 Å². The lowest BCUT2D eigenvalue weighted by Crippen LogP contribution is -2.30. The van der Waals surface area contributed by atoms with Gasteiger partial charge in [-0.15, -0.1) is 0 Å². The Morgan fingerprint density at radius 2 is 0.476 bits per heavy atom. The van der Waals surface area contributed by atoms with E-state index in [1.807, 2.05) is 0 Å². The minimum Gasteiger partial charge on any atom is -0.462 e. The summed E-state index contributed by atoms with van der Waals surface area (Å²) in [6.45, 7) is 6.44. The minimum absolute atomic E-state index is 0.0853. The monoisotopic (exact) mass is 1140 g/mol. The summed E-state index contributed by atoms with van der Waals surface area (Å²) in [4.78, 5) is 38.5. The molecular formula is C76H132O6. The van der Waals surface area contributed by atoms with Gasteiger partial charge in [0.2, 0.25) is 0 Å².